The first-order chi connectivity index (χ1) is 7.08. The maximum atomic E-state index is 11.4. The number of ether oxygens (including phenoxy) is 1. The van der Waals surface area contributed by atoms with E-state index in [1.165, 1.54) is 16.8 Å². The Morgan fingerprint density at radius 3 is 2.87 bits per heavy atom. The van der Waals surface area contributed by atoms with Crippen LogP contribution in [0.2, 0.25) is 0 Å². The van der Waals surface area contributed by atoms with E-state index in [1.807, 2.05) is 0 Å². The molecule has 6 nitrogen and oxygen atoms in total. The van der Waals surface area contributed by atoms with Gasteiger partial charge in [0.1, 0.15) is 11.9 Å². The summed E-state index contributed by atoms with van der Waals surface area (Å²) in [5.41, 5.74) is -1.02. The van der Waals surface area contributed by atoms with Gasteiger partial charge >= 0.3 is 5.69 Å². The van der Waals surface area contributed by atoms with Gasteiger partial charge in [0.25, 0.3) is 5.56 Å². The first-order valence-corrected chi connectivity index (χ1v) is 4.43. The van der Waals surface area contributed by atoms with Gasteiger partial charge in [0.15, 0.2) is 6.23 Å². The van der Waals surface area contributed by atoms with Crippen molar-refractivity contribution in [2.75, 3.05) is 0 Å². The second kappa shape index (κ2) is 3.39. The van der Waals surface area contributed by atoms with Crippen LogP contribution in [-0.2, 0) is 4.74 Å². The van der Waals surface area contributed by atoms with Crippen LogP contribution in [0.15, 0.2) is 34.2 Å². The number of hydrogen-bond acceptors (Lipinski definition) is 4. The number of H-pyrrole nitrogens is 1. The summed E-state index contributed by atoms with van der Waals surface area (Å²) in [5.74, 6) is 0.234. The van der Waals surface area contributed by atoms with Crippen LogP contribution >= 0.6 is 0 Å². The van der Waals surface area contributed by atoms with Crippen molar-refractivity contribution in [3.63, 3.8) is 0 Å². The van der Waals surface area contributed by atoms with E-state index >= 15 is 0 Å². The molecule has 0 aliphatic carbocycles. The van der Waals surface area contributed by atoms with Gasteiger partial charge in [-0.15, -0.1) is 0 Å². The molecule has 2 atom stereocenters. The summed E-state index contributed by atoms with van der Waals surface area (Å²) < 4.78 is 6.39. The molecule has 0 aromatic carbocycles. The van der Waals surface area contributed by atoms with Crippen molar-refractivity contribution in [2.45, 2.75) is 18.8 Å². The molecule has 0 bridgehead atoms. The number of rotatable bonds is 1. The Kier molecular flexibility index (Phi) is 2.20. The summed E-state index contributed by atoms with van der Waals surface area (Å²) in [6.45, 7) is 3.50. The van der Waals surface area contributed by atoms with Crippen molar-refractivity contribution in [3.05, 3.63) is 45.4 Å². The zero-order valence-corrected chi connectivity index (χ0v) is 7.84. The normalized spacial score (nSPS) is 25.3. The van der Waals surface area contributed by atoms with Crippen molar-refractivity contribution in [2.24, 2.45) is 0 Å². The molecule has 1 fully saturated rings. The van der Waals surface area contributed by atoms with Crippen LogP contribution in [0.5, 0.6) is 0 Å². The fourth-order valence-electron chi connectivity index (χ4n) is 1.45. The molecule has 6 heteroatoms. The molecule has 15 heavy (non-hydrogen) atoms. The molecule has 0 saturated carbocycles. The van der Waals surface area contributed by atoms with Gasteiger partial charge in [-0.1, -0.05) is 6.58 Å². The molecule has 0 amide bonds. The van der Waals surface area contributed by atoms with E-state index in [9.17, 15) is 14.7 Å². The highest BCUT2D eigenvalue weighted by molar-refractivity contribution is 4.99. The Labute approximate surface area is 84.4 Å². The zero-order valence-electron chi connectivity index (χ0n) is 7.84. The highest BCUT2D eigenvalue weighted by Gasteiger charge is 2.29. The Morgan fingerprint density at radius 1 is 1.60 bits per heavy atom. The molecule has 2 rings (SSSR count). The van der Waals surface area contributed by atoms with Gasteiger partial charge in [-0.3, -0.25) is 14.3 Å². The topological polar surface area (TPSA) is 84.3 Å². The number of aliphatic hydroxyl groups is 1. The molecule has 1 aromatic rings. The number of aromatic nitrogens is 2. The SMILES string of the molecule is C=C1O[C@@H](n2ccc(=O)[nH]c2=O)CC1O. The maximum absolute atomic E-state index is 11.4. The van der Waals surface area contributed by atoms with Crippen molar-refractivity contribution in [1.82, 2.24) is 9.55 Å². The Bertz CT molecular complexity index is 501. The molecule has 2 N–H and O–H groups in total. The van der Waals surface area contributed by atoms with Gasteiger partial charge in [0.05, 0.1) is 0 Å². The van der Waals surface area contributed by atoms with E-state index in [1.54, 1.807) is 0 Å². The van der Waals surface area contributed by atoms with Crippen LogP contribution in [0.1, 0.15) is 12.6 Å². The summed E-state index contributed by atoms with van der Waals surface area (Å²) in [5, 5.41) is 9.36. The first-order valence-electron chi connectivity index (χ1n) is 4.43. The second-order valence-corrected chi connectivity index (χ2v) is 3.31. The van der Waals surface area contributed by atoms with Crippen molar-refractivity contribution >= 4 is 0 Å². The lowest BCUT2D eigenvalue weighted by Gasteiger charge is -2.11. The minimum absolute atomic E-state index is 0.234. The summed E-state index contributed by atoms with van der Waals surface area (Å²) in [6, 6.07) is 1.22. The summed E-state index contributed by atoms with van der Waals surface area (Å²) in [6.07, 6.45) is 0.216. The third-order valence-corrected chi connectivity index (χ3v) is 2.25. The summed E-state index contributed by atoms with van der Waals surface area (Å²) in [7, 11) is 0. The van der Waals surface area contributed by atoms with Gasteiger partial charge in [-0.05, 0) is 0 Å². The molecule has 2 heterocycles. The highest BCUT2D eigenvalue weighted by atomic mass is 16.5. The molecule has 80 valence electrons. The lowest BCUT2D eigenvalue weighted by Crippen LogP contribution is -2.31. The summed E-state index contributed by atoms with van der Waals surface area (Å²) >= 11 is 0. The van der Waals surface area contributed by atoms with Crippen LogP contribution in [0.4, 0.5) is 0 Å². The average molecular weight is 210 g/mol. The fourth-order valence-corrected chi connectivity index (χ4v) is 1.45. The largest absolute Gasteiger partial charge is 0.472 e. The van der Waals surface area contributed by atoms with Gasteiger partial charge < -0.3 is 9.84 Å². The van der Waals surface area contributed by atoms with E-state index in [4.69, 9.17) is 4.74 Å². The van der Waals surface area contributed by atoms with E-state index in [0.717, 1.165) is 0 Å². The maximum Gasteiger partial charge on any atom is 0.331 e. The molecule has 1 aliphatic rings. The second-order valence-electron chi connectivity index (χ2n) is 3.31. The van der Waals surface area contributed by atoms with E-state index in [-0.39, 0.29) is 12.2 Å². The molecule has 0 spiro atoms. The minimum atomic E-state index is -0.770. The van der Waals surface area contributed by atoms with Crippen LogP contribution in [0.25, 0.3) is 0 Å². The molecule has 1 saturated heterocycles. The summed E-state index contributed by atoms with van der Waals surface area (Å²) in [4.78, 5) is 24.3. The number of hydrogen-bond donors (Lipinski definition) is 2. The number of nitrogens with one attached hydrogen (secondary N) is 1. The zero-order chi connectivity index (χ0) is 11.0. The van der Waals surface area contributed by atoms with Crippen molar-refractivity contribution < 1.29 is 9.84 Å². The predicted molar refractivity (Wildman–Crippen MR) is 51.2 cm³/mol. The monoisotopic (exact) mass is 210 g/mol. The lowest BCUT2D eigenvalue weighted by molar-refractivity contribution is 0.0934. The Morgan fingerprint density at radius 2 is 2.33 bits per heavy atom. The van der Waals surface area contributed by atoms with Crippen molar-refractivity contribution in [1.29, 1.82) is 0 Å². The molecule has 1 unspecified atom stereocenters. The fraction of sp³-hybridized carbons (Fsp3) is 0.333. The van der Waals surface area contributed by atoms with Gasteiger partial charge in [-0.25, -0.2) is 4.79 Å². The Hall–Kier alpha value is -1.82. The highest BCUT2D eigenvalue weighted by Crippen LogP contribution is 2.28. The van der Waals surface area contributed by atoms with Crippen LogP contribution in [0, 0.1) is 0 Å². The third-order valence-electron chi connectivity index (χ3n) is 2.25. The smallest absolute Gasteiger partial charge is 0.331 e. The molecule has 1 aliphatic heterocycles. The van der Waals surface area contributed by atoms with Crippen LogP contribution in [-0.4, -0.2) is 20.8 Å². The molecular weight excluding hydrogens is 200 g/mol. The van der Waals surface area contributed by atoms with E-state index in [0.29, 0.717) is 0 Å². The predicted octanol–water partition coefficient (Wildman–Crippen LogP) is -0.670. The molecule has 1 aromatic heterocycles. The molecule has 0 radical (unpaired) electrons. The lowest BCUT2D eigenvalue weighted by atomic mass is 10.2. The number of aromatic amines is 1. The Balaban J connectivity index is 2.36. The minimum Gasteiger partial charge on any atom is -0.472 e. The number of aliphatic hydroxyl groups excluding tert-OH is 1. The van der Waals surface area contributed by atoms with Crippen molar-refractivity contribution in [3.8, 4) is 0 Å². The number of nitrogens with zero attached hydrogens (tertiary/aromatic N) is 1. The van der Waals surface area contributed by atoms with Gasteiger partial charge in [0, 0.05) is 18.7 Å². The van der Waals surface area contributed by atoms with E-state index < -0.39 is 23.6 Å². The first kappa shape index (κ1) is 9.72. The quantitative estimate of drug-likeness (QED) is 0.643. The van der Waals surface area contributed by atoms with Crippen LogP contribution in [0.3, 0.4) is 0 Å². The standard InChI is InChI=1S/C9H10N2O4/c1-5-6(12)4-8(15-5)11-3-2-7(13)10-9(11)14/h2-3,6,8,12H,1,4H2,(H,10,13,14)/t6?,8-/m1/s1. The molecular formula is C9H10N2O4. The third kappa shape index (κ3) is 1.71. The average Bonchev–Trinajstić information content (AvgIpc) is 2.46. The van der Waals surface area contributed by atoms with Gasteiger partial charge in [-0.2, -0.15) is 0 Å². The van der Waals surface area contributed by atoms with Crippen LogP contribution < -0.4 is 11.2 Å². The van der Waals surface area contributed by atoms with Gasteiger partial charge in [0.2, 0.25) is 0 Å². The van der Waals surface area contributed by atoms with E-state index in [2.05, 4.69) is 11.6 Å².